The third kappa shape index (κ3) is 4.84. The number of morpholine rings is 1. The molecule has 0 unspecified atom stereocenters. The lowest BCUT2D eigenvalue weighted by Gasteiger charge is -2.33. The predicted octanol–water partition coefficient (Wildman–Crippen LogP) is 3.52. The SMILES string of the molecule is NC(=O)c1ccc([C@@H]2CN(Cc3cc(F)cc(C(F)(F)F)c3)CCO2)cc1. The molecular formula is C19H18F4N2O2. The maximum Gasteiger partial charge on any atom is 0.416 e. The summed E-state index contributed by atoms with van der Waals surface area (Å²) in [6.07, 6.45) is -4.89. The van der Waals surface area contributed by atoms with E-state index in [-0.39, 0.29) is 18.2 Å². The van der Waals surface area contributed by atoms with E-state index in [0.717, 1.165) is 17.7 Å². The van der Waals surface area contributed by atoms with Crippen LogP contribution in [0.1, 0.15) is 33.2 Å². The van der Waals surface area contributed by atoms with Crippen molar-refractivity contribution in [2.45, 2.75) is 18.8 Å². The Hall–Kier alpha value is -2.45. The molecular weight excluding hydrogens is 364 g/mol. The molecule has 0 spiro atoms. The van der Waals surface area contributed by atoms with Gasteiger partial charge in [-0.25, -0.2) is 4.39 Å². The van der Waals surface area contributed by atoms with Gasteiger partial charge in [0, 0.05) is 25.2 Å². The number of ether oxygens (including phenoxy) is 1. The molecule has 144 valence electrons. The zero-order chi connectivity index (χ0) is 19.6. The van der Waals surface area contributed by atoms with Gasteiger partial charge in [-0.15, -0.1) is 0 Å². The average Bonchev–Trinajstić information content (AvgIpc) is 2.61. The van der Waals surface area contributed by atoms with Crippen LogP contribution in [0.4, 0.5) is 17.6 Å². The van der Waals surface area contributed by atoms with Gasteiger partial charge in [0.1, 0.15) is 5.82 Å². The summed E-state index contributed by atoms with van der Waals surface area (Å²) in [7, 11) is 0. The summed E-state index contributed by atoms with van der Waals surface area (Å²) >= 11 is 0. The number of carbonyl (C=O) groups is 1. The number of hydrogen-bond acceptors (Lipinski definition) is 3. The van der Waals surface area contributed by atoms with Crippen LogP contribution >= 0.6 is 0 Å². The van der Waals surface area contributed by atoms with Crippen molar-refractivity contribution in [3.05, 3.63) is 70.5 Å². The molecule has 8 heteroatoms. The highest BCUT2D eigenvalue weighted by atomic mass is 19.4. The molecule has 0 aromatic heterocycles. The summed E-state index contributed by atoms with van der Waals surface area (Å²) in [5.74, 6) is -1.44. The van der Waals surface area contributed by atoms with Crippen LogP contribution in [-0.4, -0.2) is 30.5 Å². The zero-order valence-corrected chi connectivity index (χ0v) is 14.3. The van der Waals surface area contributed by atoms with Crippen molar-refractivity contribution in [1.29, 1.82) is 0 Å². The van der Waals surface area contributed by atoms with Crippen molar-refractivity contribution in [1.82, 2.24) is 4.90 Å². The second-order valence-electron chi connectivity index (χ2n) is 6.43. The van der Waals surface area contributed by atoms with Crippen molar-refractivity contribution < 1.29 is 27.1 Å². The van der Waals surface area contributed by atoms with Gasteiger partial charge in [0.2, 0.25) is 5.91 Å². The van der Waals surface area contributed by atoms with Crippen LogP contribution in [-0.2, 0) is 17.5 Å². The molecule has 27 heavy (non-hydrogen) atoms. The Morgan fingerprint density at radius 1 is 1.19 bits per heavy atom. The molecule has 1 saturated heterocycles. The van der Waals surface area contributed by atoms with Crippen LogP contribution in [0.5, 0.6) is 0 Å². The van der Waals surface area contributed by atoms with Crippen molar-refractivity contribution in [3.8, 4) is 0 Å². The van der Waals surface area contributed by atoms with Gasteiger partial charge < -0.3 is 10.5 Å². The molecule has 2 aromatic rings. The normalized spacial score (nSPS) is 18.4. The van der Waals surface area contributed by atoms with Gasteiger partial charge in [0.15, 0.2) is 0 Å². The first-order chi connectivity index (χ1) is 12.7. The first kappa shape index (κ1) is 19.3. The van der Waals surface area contributed by atoms with Crippen LogP contribution in [0.15, 0.2) is 42.5 Å². The molecule has 4 nitrogen and oxygen atoms in total. The number of nitrogens with zero attached hydrogens (tertiary/aromatic N) is 1. The fourth-order valence-electron chi connectivity index (χ4n) is 3.07. The first-order valence-electron chi connectivity index (χ1n) is 8.33. The van der Waals surface area contributed by atoms with E-state index in [1.54, 1.807) is 24.3 Å². The molecule has 1 aliphatic rings. The highest BCUT2D eigenvalue weighted by Gasteiger charge is 2.31. The zero-order valence-electron chi connectivity index (χ0n) is 14.3. The average molecular weight is 382 g/mol. The lowest BCUT2D eigenvalue weighted by molar-refractivity contribution is -0.137. The Kier molecular flexibility index (Phi) is 5.48. The van der Waals surface area contributed by atoms with Crippen LogP contribution in [0.2, 0.25) is 0 Å². The summed E-state index contributed by atoms with van der Waals surface area (Å²) < 4.78 is 57.9. The summed E-state index contributed by atoms with van der Waals surface area (Å²) in [5, 5.41) is 0. The van der Waals surface area contributed by atoms with E-state index in [1.807, 2.05) is 4.90 Å². The second-order valence-corrected chi connectivity index (χ2v) is 6.43. The molecule has 1 amide bonds. The van der Waals surface area contributed by atoms with Crippen molar-refractivity contribution in [2.75, 3.05) is 19.7 Å². The lowest BCUT2D eigenvalue weighted by atomic mass is 10.0. The van der Waals surface area contributed by atoms with Gasteiger partial charge in [-0.3, -0.25) is 9.69 Å². The Morgan fingerprint density at radius 3 is 2.52 bits per heavy atom. The van der Waals surface area contributed by atoms with Gasteiger partial charge in [-0.05, 0) is 41.5 Å². The Bertz CT molecular complexity index is 821. The summed E-state index contributed by atoms with van der Waals surface area (Å²) in [5.41, 5.74) is 5.69. The monoisotopic (exact) mass is 382 g/mol. The maximum absolute atomic E-state index is 13.6. The highest BCUT2D eigenvalue weighted by molar-refractivity contribution is 5.92. The van der Waals surface area contributed by atoms with Crippen molar-refractivity contribution in [2.24, 2.45) is 5.73 Å². The van der Waals surface area contributed by atoms with Gasteiger partial charge >= 0.3 is 6.18 Å². The number of halogens is 4. The van der Waals surface area contributed by atoms with E-state index >= 15 is 0 Å². The first-order valence-corrected chi connectivity index (χ1v) is 8.33. The summed E-state index contributed by atoms with van der Waals surface area (Å²) in [6, 6.07) is 9.24. The predicted molar refractivity (Wildman–Crippen MR) is 90.3 cm³/mol. The third-order valence-electron chi connectivity index (χ3n) is 4.41. The van der Waals surface area contributed by atoms with E-state index in [1.165, 1.54) is 0 Å². The van der Waals surface area contributed by atoms with E-state index in [4.69, 9.17) is 10.5 Å². The smallest absolute Gasteiger partial charge is 0.371 e. The Balaban J connectivity index is 1.71. The third-order valence-corrected chi connectivity index (χ3v) is 4.41. The molecule has 1 fully saturated rings. The highest BCUT2D eigenvalue weighted by Crippen LogP contribution is 2.31. The van der Waals surface area contributed by atoms with Gasteiger partial charge in [-0.1, -0.05) is 12.1 Å². The largest absolute Gasteiger partial charge is 0.416 e. The van der Waals surface area contributed by atoms with Gasteiger partial charge in [0.05, 0.1) is 18.3 Å². The standard InChI is InChI=1S/C19H18F4N2O2/c20-16-8-12(7-15(9-16)19(21,22)23)10-25-5-6-27-17(11-25)13-1-3-14(4-2-13)18(24)26/h1-4,7-9,17H,5-6,10-11H2,(H2,24,26)/t17-/m0/s1. The quantitative estimate of drug-likeness (QED) is 0.824. The van der Waals surface area contributed by atoms with E-state index in [2.05, 4.69) is 0 Å². The van der Waals surface area contributed by atoms with E-state index in [0.29, 0.717) is 31.3 Å². The lowest BCUT2D eigenvalue weighted by Crippen LogP contribution is -2.37. The summed E-state index contributed by atoms with van der Waals surface area (Å²) in [4.78, 5) is 13.0. The van der Waals surface area contributed by atoms with Gasteiger partial charge in [0.25, 0.3) is 0 Å². The molecule has 3 rings (SSSR count). The number of benzene rings is 2. The van der Waals surface area contributed by atoms with Crippen molar-refractivity contribution >= 4 is 5.91 Å². The minimum absolute atomic E-state index is 0.181. The van der Waals surface area contributed by atoms with Gasteiger partial charge in [-0.2, -0.15) is 13.2 Å². The van der Waals surface area contributed by atoms with Crippen LogP contribution < -0.4 is 5.73 Å². The number of hydrogen-bond donors (Lipinski definition) is 1. The molecule has 0 saturated carbocycles. The number of amides is 1. The molecule has 0 radical (unpaired) electrons. The molecule has 2 aromatic carbocycles. The number of alkyl halides is 3. The summed E-state index contributed by atoms with van der Waals surface area (Å²) in [6.45, 7) is 1.53. The molecule has 1 aliphatic heterocycles. The molecule has 0 aliphatic carbocycles. The number of carbonyl (C=O) groups excluding carboxylic acids is 1. The topological polar surface area (TPSA) is 55.6 Å². The van der Waals surface area contributed by atoms with E-state index in [9.17, 15) is 22.4 Å². The fourth-order valence-corrected chi connectivity index (χ4v) is 3.07. The number of primary amides is 1. The Morgan fingerprint density at radius 2 is 1.89 bits per heavy atom. The van der Waals surface area contributed by atoms with Crippen LogP contribution in [0.3, 0.4) is 0 Å². The van der Waals surface area contributed by atoms with Crippen LogP contribution in [0.25, 0.3) is 0 Å². The fraction of sp³-hybridized carbons (Fsp3) is 0.316. The van der Waals surface area contributed by atoms with E-state index < -0.39 is 23.5 Å². The molecule has 0 bridgehead atoms. The van der Waals surface area contributed by atoms with Crippen molar-refractivity contribution in [3.63, 3.8) is 0 Å². The number of nitrogens with two attached hydrogens (primary N) is 1. The Labute approximate surface area is 153 Å². The molecule has 1 heterocycles. The number of rotatable bonds is 4. The maximum atomic E-state index is 13.6. The minimum atomic E-state index is -4.59. The molecule has 2 N–H and O–H groups in total. The molecule has 1 atom stereocenters. The van der Waals surface area contributed by atoms with Crippen LogP contribution in [0, 0.1) is 5.82 Å². The minimum Gasteiger partial charge on any atom is -0.371 e. The second kappa shape index (κ2) is 7.66.